The number of benzene rings is 2. The summed E-state index contributed by atoms with van der Waals surface area (Å²) in [6.07, 6.45) is -5.30. The van der Waals surface area contributed by atoms with E-state index in [1.54, 1.807) is 30.3 Å². The minimum absolute atomic E-state index is 0.0154. The maximum Gasteiger partial charge on any atom is 0.416 e. The summed E-state index contributed by atoms with van der Waals surface area (Å²) in [4.78, 5) is 12.1. The fourth-order valence-corrected chi connectivity index (χ4v) is 1.84. The Morgan fingerprint density at radius 2 is 1.71 bits per heavy atom. The fraction of sp³-hybridized carbons (Fsp3) is 0.188. The number of carbonyl (C=O) groups is 1. The molecule has 2 nitrogen and oxygen atoms in total. The van der Waals surface area contributed by atoms with Crippen molar-refractivity contribution >= 4 is 5.78 Å². The zero-order chi connectivity index (χ0) is 15.5. The second-order valence-corrected chi connectivity index (χ2v) is 4.52. The average Bonchev–Trinajstić information content (AvgIpc) is 2.47. The lowest BCUT2D eigenvalue weighted by molar-refractivity contribution is -0.137. The molecule has 0 heterocycles. The number of ether oxygens (including phenoxy) is 1. The Labute approximate surface area is 120 Å². The third-order valence-electron chi connectivity index (χ3n) is 2.90. The van der Waals surface area contributed by atoms with Crippen molar-refractivity contribution in [2.75, 3.05) is 0 Å². The van der Waals surface area contributed by atoms with Gasteiger partial charge in [0.25, 0.3) is 0 Å². The minimum Gasteiger partial charge on any atom is -0.483 e. The standard InChI is InChI=1S/C16H13F3O2/c1-11(15(20)12-6-3-2-4-7-12)21-14-9-5-8-13(10-14)16(17,18)19/h2-11H,1H3. The van der Waals surface area contributed by atoms with Gasteiger partial charge in [-0.05, 0) is 25.1 Å². The van der Waals surface area contributed by atoms with Gasteiger partial charge < -0.3 is 4.74 Å². The summed E-state index contributed by atoms with van der Waals surface area (Å²) in [7, 11) is 0. The van der Waals surface area contributed by atoms with Gasteiger partial charge in [-0.3, -0.25) is 4.79 Å². The molecule has 0 amide bonds. The molecule has 5 heteroatoms. The highest BCUT2D eigenvalue weighted by Gasteiger charge is 2.30. The first-order chi connectivity index (χ1) is 9.88. The second-order valence-electron chi connectivity index (χ2n) is 4.52. The SMILES string of the molecule is CC(Oc1cccc(C(F)(F)F)c1)C(=O)c1ccccc1. The Hall–Kier alpha value is -2.30. The van der Waals surface area contributed by atoms with Crippen molar-refractivity contribution in [2.24, 2.45) is 0 Å². The first-order valence-electron chi connectivity index (χ1n) is 6.31. The lowest BCUT2D eigenvalue weighted by atomic mass is 10.1. The lowest BCUT2D eigenvalue weighted by Crippen LogP contribution is -2.24. The Kier molecular flexibility index (Phi) is 4.31. The van der Waals surface area contributed by atoms with Crippen molar-refractivity contribution in [3.63, 3.8) is 0 Å². The molecule has 0 spiro atoms. The molecule has 2 aromatic rings. The number of hydrogen-bond donors (Lipinski definition) is 0. The molecule has 0 aromatic heterocycles. The van der Waals surface area contributed by atoms with E-state index in [0.717, 1.165) is 12.1 Å². The highest BCUT2D eigenvalue weighted by Crippen LogP contribution is 2.31. The molecule has 0 radical (unpaired) electrons. The summed E-state index contributed by atoms with van der Waals surface area (Å²) >= 11 is 0. The molecule has 110 valence electrons. The van der Waals surface area contributed by atoms with E-state index < -0.39 is 17.8 Å². The van der Waals surface area contributed by atoms with Crippen molar-refractivity contribution in [1.29, 1.82) is 0 Å². The van der Waals surface area contributed by atoms with Gasteiger partial charge in [0.05, 0.1) is 5.56 Å². The zero-order valence-electron chi connectivity index (χ0n) is 11.2. The predicted octanol–water partition coefficient (Wildman–Crippen LogP) is 4.36. The van der Waals surface area contributed by atoms with Crippen LogP contribution in [0, 0.1) is 0 Å². The van der Waals surface area contributed by atoms with Crippen LogP contribution in [-0.4, -0.2) is 11.9 Å². The summed E-state index contributed by atoms with van der Waals surface area (Å²) in [6, 6.07) is 12.9. The summed E-state index contributed by atoms with van der Waals surface area (Å²) in [5, 5.41) is 0. The van der Waals surface area contributed by atoms with Crippen molar-refractivity contribution in [2.45, 2.75) is 19.2 Å². The van der Waals surface area contributed by atoms with Crippen LogP contribution in [0.15, 0.2) is 54.6 Å². The molecule has 0 fully saturated rings. The molecule has 1 unspecified atom stereocenters. The van der Waals surface area contributed by atoms with Gasteiger partial charge in [0.2, 0.25) is 5.78 Å². The van der Waals surface area contributed by atoms with Crippen LogP contribution in [0.1, 0.15) is 22.8 Å². The highest BCUT2D eigenvalue weighted by atomic mass is 19.4. The largest absolute Gasteiger partial charge is 0.483 e. The van der Waals surface area contributed by atoms with Crippen LogP contribution in [0.25, 0.3) is 0 Å². The summed E-state index contributed by atoms with van der Waals surface area (Å²) < 4.78 is 43.1. The molecule has 0 bridgehead atoms. The number of Topliss-reactive ketones (excluding diaryl/α,β-unsaturated/α-hetero) is 1. The van der Waals surface area contributed by atoms with Gasteiger partial charge in [-0.25, -0.2) is 0 Å². The van der Waals surface area contributed by atoms with Gasteiger partial charge in [0, 0.05) is 5.56 Å². The quantitative estimate of drug-likeness (QED) is 0.783. The molecule has 0 N–H and O–H groups in total. The summed E-state index contributed by atoms with van der Waals surface area (Å²) in [6.45, 7) is 1.51. The van der Waals surface area contributed by atoms with Gasteiger partial charge in [0.15, 0.2) is 6.10 Å². The highest BCUT2D eigenvalue weighted by molar-refractivity contribution is 5.99. The molecule has 0 aliphatic carbocycles. The normalized spacial score (nSPS) is 12.8. The van der Waals surface area contributed by atoms with Crippen molar-refractivity contribution < 1.29 is 22.7 Å². The molecule has 0 saturated heterocycles. The molecule has 2 aromatic carbocycles. The molecular formula is C16H13F3O2. The van der Waals surface area contributed by atoms with Gasteiger partial charge in [-0.15, -0.1) is 0 Å². The first-order valence-corrected chi connectivity index (χ1v) is 6.31. The van der Waals surface area contributed by atoms with Crippen molar-refractivity contribution in [1.82, 2.24) is 0 Å². The minimum atomic E-state index is -4.44. The molecule has 0 aliphatic rings. The number of carbonyl (C=O) groups excluding carboxylic acids is 1. The van der Waals surface area contributed by atoms with Crippen molar-refractivity contribution in [3.05, 3.63) is 65.7 Å². The fourth-order valence-electron chi connectivity index (χ4n) is 1.84. The topological polar surface area (TPSA) is 26.3 Å². The van der Waals surface area contributed by atoms with Crippen molar-refractivity contribution in [3.8, 4) is 5.75 Å². The predicted molar refractivity (Wildman–Crippen MR) is 72.3 cm³/mol. The zero-order valence-corrected chi connectivity index (χ0v) is 11.2. The number of hydrogen-bond acceptors (Lipinski definition) is 2. The number of halogens is 3. The van der Waals surface area contributed by atoms with E-state index in [1.807, 2.05) is 0 Å². The lowest BCUT2D eigenvalue weighted by Gasteiger charge is -2.15. The van der Waals surface area contributed by atoms with E-state index in [1.165, 1.54) is 19.1 Å². The molecular weight excluding hydrogens is 281 g/mol. The maximum atomic E-state index is 12.6. The van der Waals surface area contributed by atoms with Crippen LogP contribution in [-0.2, 0) is 6.18 Å². The second kappa shape index (κ2) is 5.99. The van der Waals surface area contributed by atoms with Crippen LogP contribution in [0.5, 0.6) is 5.75 Å². The average molecular weight is 294 g/mol. The smallest absolute Gasteiger partial charge is 0.416 e. The number of alkyl halides is 3. The molecule has 2 rings (SSSR count). The number of ketones is 1. The number of rotatable bonds is 4. The van der Waals surface area contributed by atoms with Crippen LogP contribution in [0.4, 0.5) is 13.2 Å². The molecule has 21 heavy (non-hydrogen) atoms. The van der Waals surface area contributed by atoms with Crippen LogP contribution in [0.2, 0.25) is 0 Å². The Morgan fingerprint density at radius 3 is 2.33 bits per heavy atom. The third kappa shape index (κ3) is 3.84. The van der Waals surface area contributed by atoms with Gasteiger partial charge >= 0.3 is 6.18 Å². The Bertz CT molecular complexity index is 621. The monoisotopic (exact) mass is 294 g/mol. The van der Waals surface area contributed by atoms with Crippen LogP contribution >= 0.6 is 0 Å². The van der Waals surface area contributed by atoms with E-state index in [2.05, 4.69) is 0 Å². The van der Waals surface area contributed by atoms with E-state index in [-0.39, 0.29) is 11.5 Å². The van der Waals surface area contributed by atoms with Gasteiger partial charge in [-0.1, -0.05) is 36.4 Å². The van der Waals surface area contributed by atoms with Gasteiger partial charge in [-0.2, -0.15) is 13.2 Å². The summed E-state index contributed by atoms with van der Waals surface area (Å²) in [5.74, 6) is -0.269. The molecule has 1 atom stereocenters. The first kappa shape index (κ1) is 15.1. The van der Waals surface area contributed by atoms with E-state index >= 15 is 0 Å². The van der Waals surface area contributed by atoms with E-state index in [0.29, 0.717) is 5.56 Å². The summed E-state index contributed by atoms with van der Waals surface area (Å²) in [5.41, 5.74) is -0.351. The van der Waals surface area contributed by atoms with Crippen LogP contribution < -0.4 is 4.74 Å². The maximum absolute atomic E-state index is 12.6. The third-order valence-corrected chi connectivity index (χ3v) is 2.90. The van der Waals surface area contributed by atoms with E-state index in [4.69, 9.17) is 4.74 Å². The van der Waals surface area contributed by atoms with Crippen LogP contribution in [0.3, 0.4) is 0 Å². The molecule has 0 saturated carbocycles. The van der Waals surface area contributed by atoms with Gasteiger partial charge in [0.1, 0.15) is 5.75 Å². The Balaban J connectivity index is 2.13. The van der Waals surface area contributed by atoms with E-state index in [9.17, 15) is 18.0 Å². The molecule has 0 aliphatic heterocycles. The Morgan fingerprint density at radius 1 is 1.05 bits per heavy atom.